The van der Waals surface area contributed by atoms with E-state index in [2.05, 4.69) is 6.92 Å². The van der Waals surface area contributed by atoms with Gasteiger partial charge < -0.3 is 0 Å². The van der Waals surface area contributed by atoms with Crippen LogP contribution in [0.25, 0.3) is 0 Å². The van der Waals surface area contributed by atoms with E-state index in [9.17, 15) is 0 Å². The average molecular weight is 230 g/mol. The molecule has 0 saturated heterocycles. The van der Waals surface area contributed by atoms with Gasteiger partial charge in [0.2, 0.25) is 0 Å². The number of halogens is 2. The molecule has 0 spiro atoms. The average Bonchev–Trinajstić information content (AvgIpc) is 1.89. The molecular formula is C8H18BrCl. The topological polar surface area (TPSA) is 0 Å². The Kier molecular flexibility index (Phi) is 16.6. The maximum Gasteiger partial charge on any atom is 0.0223 e. The van der Waals surface area contributed by atoms with E-state index in [0.29, 0.717) is 0 Å². The van der Waals surface area contributed by atoms with Crippen LogP contribution in [0.5, 0.6) is 0 Å². The second-order valence-corrected chi connectivity index (χ2v) is 2.83. The predicted molar refractivity (Wildman–Crippen MR) is 54.4 cm³/mol. The second-order valence-electron chi connectivity index (χ2n) is 2.46. The molecule has 0 aliphatic carbocycles. The Morgan fingerprint density at radius 1 is 0.900 bits per heavy atom. The fourth-order valence-electron chi connectivity index (χ4n) is 0.875. The lowest BCUT2D eigenvalue weighted by Crippen LogP contribution is -1.78. The molecule has 0 nitrogen and oxygen atoms in total. The van der Waals surface area contributed by atoms with Crippen molar-refractivity contribution in [3.05, 3.63) is 0 Å². The highest BCUT2D eigenvalue weighted by molar-refractivity contribution is 8.93. The van der Waals surface area contributed by atoms with E-state index < -0.39 is 0 Å². The first-order valence-corrected chi connectivity index (χ1v) is 4.51. The lowest BCUT2D eigenvalue weighted by atomic mass is 10.1. The van der Waals surface area contributed by atoms with Crippen molar-refractivity contribution in [1.29, 1.82) is 0 Å². The van der Waals surface area contributed by atoms with Crippen LogP contribution in [-0.4, -0.2) is 5.88 Å². The van der Waals surface area contributed by atoms with Crippen molar-refractivity contribution in [2.75, 3.05) is 5.88 Å². The van der Waals surface area contributed by atoms with Crippen LogP contribution < -0.4 is 0 Å². The van der Waals surface area contributed by atoms with E-state index in [1.54, 1.807) is 0 Å². The van der Waals surface area contributed by atoms with Crippen molar-refractivity contribution in [1.82, 2.24) is 0 Å². The van der Waals surface area contributed by atoms with Gasteiger partial charge >= 0.3 is 0 Å². The lowest BCUT2D eigenvalue weighted by Gasteiger charge is -1.95. The van der Waals surface area contributed by atoms with E-state index in [-0.39, 0.29) is 17.0 Å². The third-order valence-corrected chi connectivity index (χ3v) is 1.75. The predicted octanol–water partition coefficient (Wildman–Crippen LogP) is 4.16. The summed E-state index contributed by atoms with van der Waals surface area (Å²) in [6.45, 7) is 2.24. The van der Waals surface area contributed by atoms with Crippen molar-refractivity contribution >= 4 is 28.6 Å². The van der Waals surface area contributed by atoms with Crippen LogP contribution in [0, 0.1) is 0 Å². The minimum Gasteiger partial charge on any atom is -0.127 e. The molecule has 0 aromatic heterocycles. The molecule has 0 bridgehead atoms. The Morgan fingerprint density at radius 3 is 1.90 bits per heavy atom. The zero-order valence-electron chi connectivity index (χ0n) is 6.74. The molecule has 0 aliphatic rings. The Bertz CT molecular complexity index is 42.5. The van der Waals surface area contributed by atoms with E-state index in [1.807, 2.05) is 0 Å². The van der Waals surface area contributed by atoms with Gasteiger partial charge in [0.05, 0.1) is 0 Å². The van der Waals surface area contributed by atoms with Crippen LogP contribution in [-0.2, 0) is 0 Å². The molecular weight excluding hydrogens is 211 g/mol. The van der Waals surface area contributed by atoms with Gasteiger partial charge in [-0.15, -0.1) is 28.6 Å². The summed E-state index contributed by atoms with van der Waals surface area (Å²) in [5, 5.41) is 0. The van der Waals surface area contributed by atoms with E-state index in [0.717, 1.165) is 5.88 Å². The maximum absolute atomic E-state index is 5.51. The van der Waals surface area contributed by atoms with E-state index in [1.165, 1.54) is 38.5 Å². The maximum atomic E-state index is 5.51. The van der Waals surface area contributed by atoms with Crippen LogP contribution >= 0.6 is 28.6 Å². The summed E-state index contributed by atoms with van der Waals surface area (Å²) < 4.78 is 0. The first-order valence-electron chi connectivity index (χ1n) is 3.97. The summed E-state index contributed by atoms with van der Waals surface area (Å²) in [6, 6.07) is 0. The molecule has 0 aliphatic heterocycles. The highest BCUT2D eigenvalue weighted by atomic mass is 79.9. The standard InChI is InChI=1S/C8H17Cl.BrH/c1-2-3-4-5-6-7-8-9;/h2-8H2,1H3;1H. The summed E-state index contributed by atoms with van der Waals surface area (Å²) in [4.78, 5) is 0. The Balaban J connectivity index is 0. The van der Waals surface area contributed by atoms with Gasteiger partial charge in [-0.25, -0.2) is 0 Å². The first-order chi connectivity index (χ1) is 4.41. The van der Waals surface area contributed by atoms with Gasteiger partial charge in [-0.05, 0) is 6.42 Å². The SMILES string of the molecule is Br.CCCCCCCCCl. The van der Waals surface area contributed by atoms with Crippen molar-refractivity contribution in [2.45, 2.75) is 45.4 Å². The fraction of sp³-hybridized carbons (Fsp3) is 1.00. The summed E-state index contributed by atoms with van der Waals surface area (Å²) in [7, 11) is 0. The number of rotatable bonds is 6. The first kappa shape index (κ1) is 13.4. The molecule has 0 unspecified atom stereocenters. The van der Waals surface area contributed by atoms with E-state index >= 15 is 0 Å². The quantitative estimate of drug-likeness (QED) is 0.474. The van der Waals surface area contributed by atoms with Crippen LogP contribution in [0.3, 0.4) is 0 Å². The molecule has 0 N–H and O–H groups in total. The molecule has 0 radical (unpaired) electrons. The minimum absolute atomic E-state index is 0. The largest absolute Gasteiger partial charge is 0.127 e. The summed E-state index contributed by atoms with van der Waals surface area (Å²) in [6.07, 6.45) is 8.02. The summed E-state index contributed by atoms with van der Waals surface area (Å²) in [5.74, 6) is 0.839. The van der Waals surface area contributed by atoms with Gasteiger partial charge in [0, 0.05) is 5.88 Å². The highest BCUT2D eigenvalue weighted by Crippen LogP contribution is 2.04. The zero-order chi connectivity index (χ0) is 6.95. The molecule has 0 amide bonds. The molecule has 10 heavy (non-hydrogen) atoms. The number of hydrogen-bond acceptors (Lipinski definition) is 0. The van der Waals surface area contributed by atoms with Crippen LogP contribution in [0.2, 0.25) is 0 Å². The van der Waals surface area contributed by atoms with Crippen molar-refractivity contribution in [3.63, 3.8) is 0 Å². The Labute approximate surface area is 80.1 Å². The monoisotopic (exact) mass is 228 g/mol. The molecule has 0 fully saturated rings. The molecule has 0 aromatic carbocycles. The molecule has 0 heterocycles. The van der Waals surface area contributed by atoms with Crippen LogP contribution in [0.1, 0.15) is 45.4 Å². The van der Waals surface area contributed by atoms with Crippen molar-refractivity contribution < 1.29 is 0 Å². The van der Waals surface area contributed by atoms with Gasteiger partial charge in [-0.3, -0.25) is 0 Å². The smallest absolute Gasteiger partial charge is 0.0223 e. The molecule has 2 heteroatoms. The van der Waals surface area contributed by atoms with Crippen molar-refractivity contribution in [2.24, 2.45) is 0 Å². The van der Waals surface area contributed by atoms with Crippen LogP contribution in [0.4, 0.5) is 0 Å². The summed E-state index contributed by atoms with van der Waals surface area (Å²) >= 11 is 5.51. The molecule has 0 rings (SSSR count). The summed E-state index contributed by atoms with van der Waals surface area (Å²) in [5.41, 5.74) is 0. The molecule has 0 saturated carbocycles. The van der Waals surface area contributed by atoms with Gasteiger partial charge in [0.15, 0.2) is 0 Å². The van der Waals surface area contributed by atoms with E-state index in [4.69, 9.17) is 11.6 Å². The molecule has 0 aromatic rings. The number of unbranched alkanes of at least 4 members (excludes halogenated alkanes) is 5. The second kappa shape index (κ2) is 12.4. The minimum atomic E-state index is 0. The Morgan fingerprint density at radius 2 is 1.40 bits per heavy atom. The lowest BCUT2D eigenvalue weighted by molar-refractivity contribution is 0.626. The third-order valence-electron chi connectivity index (χ3n) is 1.49. The molecule has 64 valence electrons. The van der Waals surface area contributed by atoms with Crippen LogP contribution in [0.15, 0.2) is 0 Å². The van der Waals surface area contributed by atoms with Gasteiger partial charge in [0.1, 0.15) is 0 Å². The molecule has 0 atom stereocenters. The zero-order valence-corrected chi connectivity index (χ0v) is 9.20. The number of hydrogen-bond donors (Lipinski definition) is 0. The van der Waals surface area contributed by atoms with Gasteiger partial charge in [-0.2, -0.15) is 0 Å². The van der Waals surface area contributed by atoms with Gasteiger partial charge in [-0.1, -0.05) is 39.0 Å². The fourth-order valence-corrected chi connectivity index (χ4v) is 1.06. The number of alkyl halides is 1. The third kappa shape index (κ3) is 11.6. The van der Waals surface area contributed by atoms with Crippen molar-refractivity contribution in [3.8, 4) is 0 Å². The highest BCUT2D eigenvalue weighted by Gasteiger charge is 1.86. The normalized spacial score (nSPS) is 9.00. The van der Waals surface area contributed by atoms with Gasteiger partial charge in [0.25, 0.3) is 0 Å². The Hall–Kier alpha value is 0.770.